The van der Waals surface area contributed by atoms with Gasteiger partial charge in [0.25, 0.3) is 5.91 Å². The Morgan fingerprint density at radius 2 is 1.68 bits per heavy atom. The molecule has 28 heavy (non-hydrogen) atoms. The lowest BCUT2D eigenvalue weighted by Crippen LogP contribution is -2.36. The van der Waals surface area contributed by atoms with Crippen molar-refractivity contribution in [3.05, 3.63) is 59.7 Å². The highest BCUT2D eigenvalue weighted by Gasteiger charge is 2.31. The van der Waals surface area contributed by atoms with Gasteiger partial charge in [-0.15, -0.1) is 13.2 Å². The van der Waals surface area contributed by atoms with Gasteiger partial charge in [-0.2, -0.15) is 0 Å². The number of carbonyl (C=O) groups is 2. The highest BCUT2D eigenvalue weighted by molar-refractivity contribution is 5.96. The number of hydrogen-bond donors (Lipinski definition) is 2. The first-order valence-electron chi connectivity index (χ1n) is 8.40. The molecule has 2 aromatic carbocycles. The summed E-state index contributed by atoms with van der Waals surface area (Å²) >= 11 is 0. The zero-order valence-electron chi connectivity index (χ0n) is 15.0. The molecule has 0 heterocycles. The molecular formula is C19H19F3N2O4. The van der Waals surface area contributed by atoms with E-state index in [1.807, 2.05) is 6.92 Å². The van der Waals surface area contributed by atoms with Crippen molar-refractivity contribution in [3.8, 4) is 11.5 Å². The van der Waals surface area contributed by atoms with E-state index < -0.39 is 23.9 Å². The van der Waals surface area contributed by atoms with Crippen LogP contribution in [0.25, 0.3) is 0 Å². The number of nitrogens with one attached hydrogen (secondary N) is 2. The molecule has 0 unspecified atom stereocenters. The van der Waals surface area contributed by atoms with Crippen LogP contribution in [0.1, 0.15) is 22.8 Å². The molecule has 150 valence electrons. The van der Waals surface area contributed by atoms with E-state index in [4.69, 9.17) is 4.74 Å². The molecule has 0 aliphatic rings. The van der Waals surface area contributed by atoms with Gasteiger partial charge in [0.15, 0.2) is 0 Å². The largest absolute Gasteiger partial charge is 0.573 e. The summed E-state index contributed by atoms with van der Waals surface area (Å²) in [6.07, 6.45) is -4.83. The third-order valence-electron chi connectivity index (χ3n) is 3.51. The molecule has 0 atom stereocenters. The summed E-state index contributed by atoms with van der Waals surface area (Å²) in [4.78, 5) is 23.9. The van der Waals surface area contributed by atoms with Crippen molar-refractivity contribution in [2.45, 2.75) is 19.8 Å². The molecule has 9 heteroatoms. The van der Waals surface area contributed by atoms with Crippen molar-refractivity contribution in [2.75, 3.05) is 13.2 Å². The maximum absolute atomic E-state index is 12.4. The minimum absolute atomic E-state index is 0.158. The standard InChI is InChI=1S/C19H19F3N2O4/c1-2-27-15-9-7-13(8-10-15)18(26)24-12-17(25)23-11-14-5-3-4-6-16(14)28-19(20,21)22/h3-10H,2,11-12H2,1H3,(H,23,25)(H,24,26). The van der Waals surface area contributed by atoms with Crippen molar-refractivity contribution < 1.29 is 32.2 Å². The zero-order chi connectivity index (χ0) is 20.6. The van der Waals surface area contributed by atoms with Crippen LogP contribution in [0, 0.1) is 0 Å². The van der Waals surface area contributed by atoms with E-state index in [1.165, 1.54) is 18.2 Å². The van der Waals surface area contributed by atoms with Gasteiger partial charge in [0, 0.05) is 17.7 Å². The van der Waals surface area contributed by atoms with Crippen LogP contribution >= 0.6 is 0 Å². The fraction of sp³-hybridized carbons (Fsp3) is 0.263. The van der Waals surface area contributed by atoms with E-state index in [1.54, 1.807) is 24.3 Å². The van der Waals surface area contributed by atoms with Gasteiger partial charge >= 0.3 is 6.36 Å². The van der Waals surface area contributed by atoms with E-state index >= 15 is 0 Å². The lowest BCUT2D eigenvalue weighted by Gasteiger charge is -2.13. The summed E-state index contributed by atoms with van der Waals surface area (Å²) in [5.74, 6) is -0.787. The summed E-state index contributed by atoms with van der Waals surface area (Å²) in [5, 5.41) is 4.87. The second kappa shape index (κ2) is 9.63. The minimum atomic E-state index is -4.83. The Kier molecular flexibility index (Phi) is 7.25. The second-order valence-electron chi connectivity index (χ2n) is 5.57. The van der Waals surface area contributed by atoms with Crippen molar-refractivity contribution in [1.29, 1.82) is 0 Å². The van der Waals surface area contributed by atoms with Crippen LogP contribution in [0.5, 0.6) is 11.5 Å². The van der Waals surface area contributed by atoms with Gasteiger partial charge in [-0.25, -0.2) is 0 Å². The van der Waals surface area contributed by atoms with Crippen LogP contribution in [-0.4, -0.2) is 31.3 Å². The Morgan fingerprint density at radius 1 is 1.00 bits per heavy atom. The molecule has 6 nitrogen and oxygen atoms in total. The summed E-state index contributed by atoms with van der Waals surface area (Å²) in [7, 11) is 0. The number of halogens is 3. The fourth-order valence-electron chi connectivity index (χ4n) is 2.26. The number of carbonyl (C=O) groups excluding carboxylic acids is 2. The smallest absolute Gasteiger partial charge is 0.494 e. The Hall–Kier alpha value is -3.23. The molecule has 0 saturated heterocycles. The predicted molar refractivity (Wildman–Crippen MR) is 94.9 cm³/mol. The van der Waals surface area contributed by atoms with E-state index in [0.29, 0.717) is 17.9 Å². The fourth-order valence-corrected chi connectivity index (χ4v) is 2.26. The van der Waals surface area contributed by atoms with Crippen molar-refractivity contribution in [3.63, 3.8) is 0 Å². The molecule has 0 aliphatic heterocycles. The minimum Gasteiger partial charge on any atom is -0.494 e. The van der Waals surface area contributed by atoms with E-state index in [-0.39, 0.29) is 18.7 Å². The quantitative estimate of drug-likeness (QED) is 0.719. The lowest BCUT2D eigenvalue weighted by atomic mass is 10.2. The molecule has 0 bridgehead atoms. The summed E-state index contributed by atoms with van der Waals surface area (Å²) < 4.78 is 46.4. The normalized spacial score (nSPS) is 10.9. The molecule has 0 aliphatic carbocycles. The monoisotopic (exact) mass is 396 g/mol. The Bertz CT molecular complexity index is 808. The first kappa shape index (κ1) is 21.1. The molecule has 0 fully saturated rings. The number of ether oxygens (including phenoxy) is 2. The second-order valence-corrected chi connectivity index (χ2v) is 5.57. The van der Waals surface area contributed by atoms with Crippen LogP contribution in [0.3, 0.4) is 0 Å². The van der Waals surface area contributed by atoms with E-state index in [9.17, 15) is 22.8 Å². The van der Waals surface area contributed by atoms with Crippen molar-refractivity contribution in [1.82, 2.24) is 10.6 Å². The van der Waals surface area contributed by atoms with Crippen molar-refractivity contribution >= 4 is 11.8 Å². The first-order valence-corrected chi connectivity index (χ1v) is 8.40. The zero-order valence-corrected chi connectivity index (χ0v) is 15.0. The molecule has 2 N–H and O–H groups in total. The lowest BCUT2D eigenvalue weighted by molar-refractivity contribution is -0.274. The number of hydrogen-bond acceptors (Lipinski definition) is 4. The number of alkyl halides is 3. The molecule has 2 rings (SSSR count). The number of para-hydroxylation sites is 1. The van der Waals surface area contributed by atoms with Gasteiger partial charge in [-0.3, -0.25) is 9.59 Å². The molecule has 0 aromatic heterocycles. The third kappa shape index (κ3) is 6.82. The predicted octanol–water partition coefficient (Wildman–Crippen LogP) is 3.03. The highest BCUT2D eigenvalue weighted by Crippen LogP contribution is 2.26. The summed E-state index contributed by atoms with van der Waals surface area (Å²) in [6.45, 7) is 1.84. The topological polar surface area (TPSA) is 76.7 Å². The Balaban J connectivity index is 1.84. The average Bonchev–Trinajstić information content (AvgIpc) is 2.65. The SMILES string of the molecule is CCOc1ccc(C(=O)NCC(=O)NCc2ccccc2OC(F)(F)F)cc1. The Morgan fingerprint density at radius 3 is 2.32 bits per heavy atom. The number of rotatable bonds is 8. The molecule has 0 saturated carbocycles. The molecule has 2 aromatic rings. The van der Waals surface area contributed by atoms with Crippen molar-refractivity contribution in [2.24, 2.45) is 0 Å². The van der Waals surface area contributed by atoms with Crippen LogP contribution in [-0.2, 0) is 11.3 Å². The maximum Gasteiger partial charge on any atom is 0.573 e. The average molecular weight is 396 g/mol. The summed E-state index contributed by atoms with van der Waals surface area (Å²) in [6, 6.07) is 11.9. The molecular weight excluding hydrogens is 377 g/mol. The van der Waals surface area contributed by atoms with Gasteiger partial charge in [0.05, 0.1) is 13.2 Å². The van der Waals surface area contributed by atoms with Gasteiger partial charge in [0.1, 0.15) is 11.5 Å². The van der Waals surface area contributed by atoms with Gasteiger partial charge in [0.2, 0.25) is 5.91 Å². The highest BCUT2D eigenvalue weighted by atomic mass is 19.4. The molecule has 0 spiro atoms. The van der Waals surface area contributed by atoms with Crippen LogP contribution < -0.4 is 20.1 Å². The van der Waals surface area contributed by atoms with E-state index in [0.717, 1.165) is 6.07 Å². The molecule has 0 radical (unpaired) electrons. The maximum atomic E-state index is 12.4. The Labute approximate surface area is 159 Å². The van der Waals surface area contributed by atoms with Gasteiger partial charge in [-0.1, -0.05) is 18.2 Å². The third-order valence-corrected chi connectivity index (χ3v) is 3.51. The van der Waals surface area contributed by atoms with E-state index in [2.05, 4.69) is 15.4 Å². The van der Waals surface area contributed by atoms with Gasteiger partial charge < -0.3 is 20.1 Å². The van der Waals surface area contributed by atoms with Crippen LogP contribution in [0.2, 0.25) is 0 Å². The number of benzene rings is 2. The van der Waals surface area contributed by atoms with Gasteiger partial charge in [-0.05, 0) is 37.3 Å². The van der Waals surface area contributed by atoms with Crippen LogP contribution in [0.15, 0.2) is 48.5 Å². The van der Waals surface area contributed by atoms with Crippen LogP contribution in [0.4, 0.5) is 13.2 Å². The first-order chi connectivity index (χ1) is 13.3. The summed E-state index contributed by atoms with van der Waals surface area (Å²) in [5.41, 5.74) is 0.506. The molecule has 2 amide bonds. The number of amides is 2.